The van der Waals surface area contributed by atoms with Crippen molar-refractivity contribution < 1.29 is 14.3 Å². The van der Waals surface area contributed by atoms with Crippen LogP contribution in [0.5, 0.6) is 11.5 Å². The zero-order valence-corrected chi connectivity index (χ0v) is 11.9. The third-order valence-corrected chi connectivity index (χ3v) is 2.38. The lowest BCUT2D eigenvalue weighted by Crippen LogP contribution is -2.25. The molecule has 1 amide bonds. The van der Waals surface area contributed by atoms with Gasteiger partial charge in [-0.05, 0) is 7.05 Å². The van der Waals surface area contributed by atoms with E-state index in [0.717, 1.165) is 0 Å². The highest BCUT2D eigenvalue weighted by Crippen LogP contribution is 2.35. The van der Waals surface area contributed by atoms with Gasteiger partial charge in [0.1, 0.15) is 11.5 Å². The molecule has 0 radical (unpaired) electrons. The summed E-state index contributed by atoms with van der Waals surface area (Å²) >= 11 is 5.95. The van der Waals surface area contributed by atoms with Gasteiger partial charge >= 0.3 is 0 Å². The van der Waals surface area contributed by atoms with Gasteiger partial charge in [-0.3, -0.25) is 4.79 Å². The molecule has 0 saturated heterocycles. The number of anilines is 1. The largest absolute Gasteiger partial charge is 0.495 e. The summed E-state index contributed by atoms with van der Waals surface area (Å²) < 4.78 is 10.2. The normalized spacial score (nSPS) is 9.33. The molecule has 5 nitrogen and oxygen atoms in total. The molecule has 1 aromatic rings. The maximum absolute atomic E-state index is 11.5. The Morgan fingerprint density at radius 2 is 1.89 bits per heavy atom. The van der Waals surface area contributed by atoms with Gasteiger partial charge in [0, 0.05) is 12.1 Å². The van der Waals surface area contributed by atoms with E-state index >= 15 is 0 Å². The number of carbonyl (C=O) groups is 1. The van der Waals surface area contributed by atoms with E-state index in [1.807, 2.05) is 0 Å². The lowest BCUT2D eigenvalue weighted by atomic mass is 10.2. The SMILES string of the molecule is CNCC(=O)Nc1cc(OC)c(Cl)cc1OC.Cl. The first kappa shape index (κ1) is 16.8. The van der Waals surface area contributed by atoms with Crippen LogP contribution < -0.4 is 20.1 Å². The van der Waals surface area contributed by atoms with Crippen molar-refractivity contribution in [3.8, 4) is 11.5 Å². The zero-order valence-electron chi connectivity index (χ0n) is 10.4. The number of likely N-dealkylation sites (N-methyl/N-ethyl adjacent to an activating group) is 1. The molecule has 1 rings (SSSR count). The fraction of sp³-hybridized carbons (Fsp3) is 0.364. The van der Waals surface area contributed by atoms with Crippen LogP contribution in [-0.2, 0) is 4.79 Å². The minimum atomic E-state index is -0.171. The predicted octanol–water partition coefficient (Wildman–Crippen LogP) is 1.94. The maximum atomic E-state index is 11.5. The molecule has 0 aliphatic rings. The van der Waals surface area contributed by atoms with Crippen molar-refractivity contribution in [2.45, 2.75) is 0 Å². The number of amides is 1. The van der Waals surface area contributed by atoms with Gasteiger partial charge in [0.15, 0.2) is 0 Å². The van der Waals surface area contributed by atoms with Gasteiger partial charge in [-0.1, -0.05) is 11.6 Å². The van der Waals surface area contributed by atoms with Gasteiger partial charge in [0.2, 0.25) is 5.91 Å². The van der Waals surface area contributed by atoms with Crippen molar-refractivity contribution in [3.05, 3.63) is 17.2 Å². The van der Waals surface area contributed by atoms with Gasteiger partial charge in [-0.15, -0.1) is 12.4 Å². The second-order valence-electron chi connectivity index (χ2n) is 3.27. The Morgan fingerprint density at radius 1 is 1.28 bits per heavy atom. The molecular formula is C11H16Cl2N2O3. The van der Waals surface area contributed by atoms with Gasteiger partial charge < -0.3 is 20.1 Å². The average molecular weight is 295 g/mol. The molecule has 1 aromatic carbocycles. The Balaban J connectivity index is 0.00000289. The summed E-state index contributed by atoms with van der Waals surface area (Å²) in [6.45, 7) is 0.216. The number of nitrogens with one attached hydrogen (secondary N) is 2. The average Bonchev–Trinajstić information content (AvgIpc) is 2.31. The molecule has 0 aliphatic carbocycles. The molecule has 0 heterocycles. The van der Waals surface area contributed by atoms with Crippen LogP contribution in [0.25, 0.3) is 0 Å². The maximum Gasteiger partial charge on any atom is 0.238 e. The summed E-state index contributed by atoms with van der Waals surface area (Å²) in [4.78, 5) is 11.5. The van der Waals surface area contributed by atoms with Crippen LogP contribution in [0.15, 0.2) is 12.1 Å². The summed E-state index contributed by atoms with van der Waals surface area (Å²) in [6, 6.07) is 3.21. The molecular weight excluding hydrogens is 279 g/mol. The minimum Gasteiger partial charge on any atom is -0.495 e. The molecule has 0 unspecified atom stereocenters. The molecule has 0 aromatic heterocycles. The van der Waals surface area contributed by atoms with Gasteiger partial charge in [-0.2, -0.15) is 0 Å². The fourth-order valence-electron chi connectivity index (χ4n) is 1.31. The quantitative estimate of drug-likeness (QED) is 0.871. The lowest BCUT2D eigenvalue weighted by Gasteiger charge is -2.12. The summed E-state index contributed by atoms with van der Waals surface area (Å²) in [5, 5.41) is 5.88. The van der Waals surface area contributed by atoms with Crippen molar-refractivity contribution >= 4 is 35.6 Å². The first-order chi connectivity index (χ1) is 8.12. The van der Waals surface area contributed by atoms with Crippen LogP contribution in [0, 0.1) is 0 Å². The third kappa shape index (κ3) is 4.25. The minimum absolute atomic E-state index is 0. The Hall–Kier alpha value is -1.17. The lowest BCUT2D eigenvalue weighted by molar-refractivity contribution is -0.115. The van der Waals surface area contributed by atoms with Crippen LogP contribution in [0.3, 0.4) is 0 Å². The van der Waals surface area contributed by atoms with E-state index in [2.05, 4.69) is 10.6 Å². The topological polar surface area (TPSA) is 59.6 Å². The highest BCUT2D eigenvalue weighted by atomic mass is 35.5. The predicted molar refractivity (Wildman–Crippen MR) is 74.4 cm³/mol. The third-order valence-electron chi connectivity index (χ3n) is 2.09. The molecule has 18 heavy (non-hydrogen) atoms. The van der Waals surface area contributed by atoms with Crippen molar-refractivity contribution in [3.63, 3.8) is 0 Å². The van der Waals surface area contributed by atoms with Crippen molar-refractivity contribution in [1.82, 2.24) is 5.32 Å². The standard InChI is InChI=1S/C11H15ClN2O3.ClH/c1-13-6-11(15)14-8-5-9(16-2)7(12)4-10(8)17-3;/h4-5,13H,6H2,1-3H3,(H,14,15);1H. The smallest absolute Gasteiger partial charge is 0.238 e. The van der Waals surface area contributed by atoms with Crippen LogP contribution in [0.4, 0.5) is 5.69 Å². The van der Waals surface area contributed by atoms with Gasteiger partial charge in [0.25, 0.3) is 0 Å². The molecule has 0 aliphatic heterocycles. The van der Waals surface area contributed by atoms with E-state index in [-0.39, 0.29) is 24.9 Å². The Labute approximate surface area is 117 Å². The van der Waals surface area contributed by atoms with E-state index in [0.29, 0.717) is 22.2 Å². The molecule has 0 spiro atoms. The molecule has 7 heteroatoms. The molecule has 0 fully saturated rings. The van der Waals surface area contributed by atoms with E-state index < -0.39 is 0 Å². The van der Waals surface area contributed by atoms with E-state index in [9.17, 15) is 4.79 Å². The Kier molecular flexibility index (Phi) is 7.50. The van der Waals surface area contributed by atoms with E-state index in [1.165, 1.54) is 14.2 Å². The van der Waals surface area contributed by atoms with Crippen molar-refractivity contribution in [2.24, 2.45) is 0 Å². The second kappa shape index (κ2) is 8.02. The zero-order chi connectivity index (χ0) is 12.8. The number of rotatable bonds is 5. The van der Waals surface area contributed by atoms with Crippen LogP contribution in [0.2, 0.25) is 5.02 Å². The van der Waals surface area contributed by atoms with Crippen LogP contribution in [0.1, 0.15) is 0 Å². The summed E-state index contributed by atoms with van der Waals surface area (Å²) in [7, 11) is 4.71. The van der Waals surface area contributed by atoms with E-state index in [4.69, 9.17) is 21.1 Å². The highest BCUT2D eigenvalue weighted by Gasteiger charge is 2.11. The number of hydrogen-bond donors (Lipinski definition) is 2. The molecule has 0 bridgehead atoms. The number of benzene rings is 1. The van der Waals surface area contributed by atoms with Crippen LogP contribution in [-0.4, -0.2) is 33.7 Å². The molecule has 102 valence electrons. The highest BCUT2D eigenvalue weighted by molar-refractivity contribution is 6.32. The monoisotopic (exact) mass is 294 g/mol. The number of hydrogen-bond acceptors (Lipinski definition) is 4. The van der Waals surface area contributed by atoms with Crippen molar-refractivity contribution in [1.29, 1.82) is 0 Å². The summed E-state index contributed by atoms with van der Waals surface area (Å²) in [5.41, 5.74) is 0.522. The van der Waals surface area contributed by atoms with Crippen LogP contribution >= 0.6 is 24.0 Å². The van der Waals surface area contributed by atoms with E-state index in [1.54, 1.807) is 19.2 Å². The number of carbonyl (C=O) groups excluding carboxylic acids is 1. The molecule has 2 N–H and O–H groups in total. The van der Waals surface area contributed by atoms with Crippen molar-refractivity contribution in [2.75, 3.05) is 33.1 Å². The number of halogens is 2. The summed E-state index contributed by atoms with van der Waals surface area (Å²) in [6.07, 6.45) is 0. The first-order valence-electron chi connectivity index (χ1n) is 4.98. The number of methoxy groups -OCH3 is 2. The molecule has 0 saturated carbocycles. The first-order valence-corrected chi connectivity index (χ1v) is 5.36. The fourth-order valence-corrected chi connectivity index (χ4v) is 1.54. The Bertz CT molecular complexity index is 414. The second-order valence-corrected chi connectivity index (χ2v) is 3.67. The van der Waals surface area contributed by atoms with Gasteiger partial charge in [0.05, 0.1) is 31.5 Å². The molecule has 0 atom stereocenters. The Morgan fingerprint density at radius 3 is 2.39 bits per heavy atom. The summed E-state index contributed by atoms with van der Waals surface area (Å²) in [5.74, 6) is 0.794. The van der Waals surface area contributed by atoms with Gasteiger partial charge in [-0.25, -0.2) is 0 Å². The number of ether oxygens (including phenoxy) is 2.